The number of nitrogens with zero attached hydrogens (tertiary/aromatic N) is 5. The van der Waals surface area contributed by atoms with Crippen molar-refractivity contribution < 1.29 is 9.53 Å². The smallest absolute Gasteiger partial charge is 0.250 e. The molecule has 0 unspecified atom stereocenters. The van der Waals surface area contributed by atoms with Gasteiger partial charge < -0.3 is 9.64 Å². The van der Waals surface area contributed by atoms with Crippen molar-refractivity contribution in [3.63, 3.8) is 0 Å². The Kier molecular flexibility index (Phi) is 5.76. The molecule has 0 aliphatic rings. The summed E-state index contributed by atoms with van der Waals surface area (Å²) in [6.07, 6.45) is 0. The molecule has 1 amide bonds. The minimum atomic E-state index is -0.0194. The molecule has 0 N–H and O–H groups in total. The van der Waals surface area contributed by atoms with E-state index in [1.54, 1.807) is 16.7 Å². The summed E-state index contributed by atoms with van der Waals surface area (Å²) in [5.41, 5.74) is 2.75. The number of likely N-dealkylation sites (N-methyl/N-ethyl adjacent to an activating group) is 1. The molecule has 0 saturated heterocycles. The van der Waals surface area contributed by atoms with Crippen molar-refractivity contribution in [2.45, 2.75) is 20.4 Å². The molecule has 0 bridgehead atoms. The average Bonchev–Trinajstić information content (AvgIpc) is 3.16. The number of aryl methyl sites for hydroxylation is 2. The third-order valence-electron chi connectivity index (χ3n) is 4.28. The van der Waals surface area contributed by atoms with E-state index in [-0.39, 0.29) is 12.5 Å². The number of benzene rings is 1. The normalized spacial score (nSPS) is 11.3. The number of hydrogen-bond donors (Lipinski definition) is 0. The van der Waals surface area contributed by atoms with Crippen molar-refractivity contribution >= 4 is 32.6 Å². The van der Waals surface area contributed by atoms with Crippen molar-refractivity contribution in [1.82, 2.24) is 19.7 Å². The molecule has 1 aromatic carbocycles. The van der Waals surface area contributed by atoms with Gasteiger partial charge in [0.15, 0.2) is 5.13 Å². The van der Waals surface area contributed by atoms with E-state index in [0.29, 0.717) is 11.7 Å². The minimum Gasteiger partial charge on any atom is -0.497 e. The van der Waals surface area contributed by atoms with E-state index in [9.17, 15) is 4.79 Å². The van der Waals surface area contributed by atoms with Gasteiger partial charge >= 0.3 is 0 Å². The van der Waals surface area contributed by atoms with Crippen LogP contribution < -0.4 is 9.64 Å². The number of ether oxygens (including phenoxy) is 1. The lowest BCUT2D eigenvalue weighted by Gasteiger charge is -2.22. The van der Waals surface area contributed by atoms with E-state index in [0.717, 1.165) is 33.9 Å². The lowest BCUT2D eigenvalue weighted by molar-refractivity contribution is -0.119. The van der Waals surface area contributed by atoms with Gasteiger partial charge in [-0.05, 0) is 52.2 Å². The second-order valence-electron chi connectivity index (χ2n) is 6.76. The molecule has 2 aromatic heterocycles. The Morgan fingerprint density at radius 1 is 1.22 bits per heavy atom. The zero-order valence-corrected chi connectivity index (χ0v) is 17.2. The SMILES string of the molecule is COc1ccc2nc(N(CCN(C)C)C(=O)Cn3nc(C)cc3C)sc2c1. The van der Waals surface area contributed by atoms with Crippen LogP contribution in [0, 0.1) is 13.8 Å². The number of fused-ring (bicyclic) bond motifs is 1. The third kappa shape index (κ3) is 4.45. The number of methoxy groups -OCH3 is 1. The van der Waals surface area contributed by atoms with Crippen LogP contribution in [0.2, 0.25) is 0 Å². The van der Waals surface area contributed by atoms with Gasteiger partial charge in [-0.1, -0.05) is 11.3 Å². The molecule has 3 aromatic rings. The summed E-state index contributed by atoms with van der Waals surface area (Å²) in [7, 11) is 5.63. The maximum absolute atomic E-state index is 13.1. The van der Waals surface area contributed by atoms with Crippen molar-refractivity contribution in [1.29, 1.82) is 0 Å². The zero-order chi connectivity index (χ0) is 19.6. The highest BCUT2D eigenvalue weighted by molar-refractivity contribution is 7.22. The molecular weight excluding hydrogens is 362 g/mol. The number of thiazole rings is 1. The maximum Gasteiger partial charge on any atom is 0.250 e. The van der Waals surface area contributed by atoms with Crippen molar-refractivity contribution in [3.05, 3.63) is 35.7 Å². The molecule has 0 aliphatic heterocycles. The highest BCUT2D eigenvalue weighted by atomic mass is 32.1. The Hall–Kier alpha value is -2.45. The molecule has 0 atom stereocenters. The van der Waals surface area contributed by atoms with Crippen LogP contribution in [0.5, 0.6) is 5.75 Å². The number of amides is 1. The van der Waals surface area contributed by atoms with Crippen LogP contribution >= 0.6 is 11.3 Å². The fourth-order valence-electron chi connectivity index (χ4n) is 2.81. The van der Waals surface area contributed by atoms with E-state index in [2.05, 4.69) is 15.0 Å². The summed E-state index contributed by atoms with van der Waals surface area (Å²) < 4.78 is 8.04. The van der Waals surface area contributed by atoms with E-state index in [1.807, 2.05) is 52.2 Å². The first-order valence-electron chi connectivity index (χ1n) is 8.78. The maximum atomic E-state index is 13.1. The predicted molar refractivity (Wildman–Crippen MR) is 109 cm³/mol. The summed E-state index contributed by atoms with van der Waals surface area (Å²) in [5.74, 6) is 0.764. The van der Waals surface area contributed by atoms with E-state index < -0.39 is 0 Å². The van der Waals surface area contributed by atoms with Gasteiger partial charge in [-0.25, -0.2) is 4.98 Å². The molecule has 3 rings (SSSR count). The van der Waals surface area contributed by atoms with Crippen LogP contribution in [0.3, 0.4) is 0 Å². The van der Waals surface area contributed by atoms with Crippen molar-refractivity contribution in [3.8, 4) is 5.75 Å². The molecule has 27 heavy (non-hydrogen) atoms. The molecule has 0 radical (unpaired) electrons. The first-order valence-corrected chi connectivity index (χ1v) is 9.59. The van der Waals surface area contributed by atoms with Gasteiger partial charge in [0.05, 0.1) is 23.0 Å². The summed E-state index contributed by atoms with van der Waals surface area (Å²) in [5, 5.41) is 5.11. The van der Waals surface area contributed by atoms with Crippen molar-refractivity contribution in [2.75, 3.05) is 39.2 Å². The van der Waals surface area contributed by atoms with Gasteiger partial charge in [-0.3, -0.25) is 14.4 Å². The van der Waals surface area contributed by atoms with Crippen LogP contribution in [-0.2, 0) is 11.3 Å². The lowest BCUT2D eigenvalue weighted by Crippen LogP contribution is -2.39. The minimum absolute atomic E-state index is 0.0194. The number of aromatic nitrogens is 3. The zero-order valence-electron chi connectivity index (χ0n) is 16.4. The number of carbonyl (C=O) groups is 1. The van der Waals surface area contributed by atoms with Crippen LogP contribution in [0.4, 0.5) is 5.13 Å². The van der Waals surface area contributed by atoms with Crippen LogP contribution in [-0.4, -0.2) is 59.9 Å². The van der Waals surface area contributed by atoms with Gasteiger partial charge in [0.25, 0.3) is 5.91 Å². The van der Waals surface area contributed by atoms with E-state index >= 15 is 0 Å². The summed E-state index contributed by atoms with van der Waals surface area (Å²) >= 11 is 1.50. The second-order valence-corrected chi connectivity index (χ2v) is 7.77. The Labute approximate surface area is 163 Å². The standard InChI is InChI=1S/C19H25N5O2S/c1-13-10-14(2)24(21-13)12-18(25)23(9-8-22(3)4)19-20-16-7-6-15(26-5)11-17(16)27-19/h6-7,10-11H,8-9,12H2,1-5H3. The number of anilines is 1. The van der Waals surface area contributed by atoms with Gasteiger partial charge in [-0.2, -0.15) is 5.10 Å². The average molecular weight is 388 g/mol. The highest BCUT2D eigenvalue weighted by Gasteiger charge is 2.21. The molecule has 144 valence electrons. The predicted octanol–water partition coefficient (Wildman–Crippen LogP) is 2.71. The molecule has 8 heteroatoms. The fourth-order valence-corrected chi connectivity index (χ4v) is 3.85. The Morgan fingerprint density at radius 3 is 2.63 bits per heavy atom. The first-order chi connectivity index (χ1) is 12.9. The topological polar surface area (TPSA) is 63.5 Å². The third-order valence-corrected chi connectivity index (χ3v) is 5.32. The quantitative estimate of drug-likeness (QED) is 0.624. The Bertz CT molecular complexity index is 947. The monoisotopic (exact) mass is 387 g/mol. The lowest BCUT2D eigenvalue weighted by atomic mass is 10.3. The molecule has 0 spiro atoms. The molecule has 7 nitrogen and oxygen atoms in total. The summed E-state index contributed by atoms with van der Waals surface area (Å²) in [4.78, 5) is 21.6. The van der Waals surface area contributed by atoms with Gasteiger partial charge in [-0.15, -0.1) is 0 Å². The molecule has 0 saturated carbocycles. The highest BCUT2D eigenvalue weighted by Crippen LogP contribution is 2.31. The first kappa shape index (κ1) is 19.3. The van der Waals surface area contributed by atoms with Crippen LogP contribution in [0.1, 0.15) is 11.4 Å². The largest absolute Gasteiger partial charge is 0.497 e. The van der Waals surface area contributed by atoms with Crippen molar-refractivity contribution in [2.24, 2.45) is 0 Å². The molecular formula is C19H25N5O2S. The van der Waals surface area contributed by atoms with Gasteiger partial charge in [0.2, 0.25) is 0 Å². The van der Waals surface area contributed by atoms with Crippen LogP contribution in [0.15, 0.2) is 24.3 Å². The van der Waals surface area contributed by atoms with E-state index in [4.69, 9.17) is 4.74 Å². The summed E-state index contributed by atoms with van der Waals surface area (Å²) in [6, 6.07) is 7.73. The molecule has 0 fully saturated rings. The van der Waals surface area contributed by atoms with Gasteiger partial charge in [0.1, 0.15) is 12.3 Å². The van der Waals surface area contributed by atoms with Crippen LogP contribution in [0.25, 0.3) is 10.2 Å². The Balaban J connectivity index is 1.90. The van der Waals surface area contributed by atoms with E-state index in [1.165, 1.54) is 11.3 Å². The number of hydrogen-bond acceptors (Lipinski definition) is 6. The van der Waals surface area contributed by atoms with Gasteiger partial charge in [0, 0.05) is 18.8 Å². The number of rotatable bonds is 7. The molecule has 2 heterocycles. The second kappa shape index (κ2) is 8.06. The molecule has 0 aliphatic carbocycles. The summed E-state index contributed by atoms with van der Waals surface area (Å²) in [6.45, 7) is 5.41. The number of carbonyl (C=O) groups excluding carboxylic acids is 1. The Morgan fingerprint density at radius 2 is 2.00 bits per heavy atom. The fraction of sp³-hybridized carbons (Fsp3) is 0.421.